The molecule has 1 unspecified atom stereocenters. The number of benzene rings is 3. The van der Waals surface area contributed by atoms with Gasteiger partial charge in [0.15, 0.2) is 0 Å². The fourth-order valence-corrected chi connectivity index (χ4v) is 6.42. The van der Waals surface area contributed by atoms with E-state index in [0.717, 1.165) is 23.4 Å². The summed E-state index contributed by atoms with van der Waals surface area (Å²) in [5, 5.41) is 0. The van der Waals surface area contributed by atoms with Crippen molar-refractivity contribution < 1.29 is 14.0 Å². The number of hydrogen-bond donors (Lipinski definition) is 0. The monoisotopic (exact) mass is 460 g/mol. The summed E-state index contributed by atoms with van der Waals surface area (Å²) in [5.74, 6) is 2.13. The average molecular weight is 460 g/mol. The van der Waals surface area contributed by atoms with Gasteiger partial charge < -0.3 is 14.0 Å². The summed E-state index contributed by atoms with van der Waals surface area (Å²) < 4.78 is 19.5. The summed E-state index contributed by atoms with van der Waals surface area (Å²) in [6.45, 7) is 8.41. The Morgan fingerprint density at radius 2 is 1.40 bits per heavy atom. The molecule has 1 atom stereocenters. The largest absolute Gasteiger partial charge is 0.494 e. The van der Waals surface area contributed by atoms with Crippen molar-refractivity contribution in [3.63, 3.8) is 0 Å². The minimum atomic E-state index is -0.419. The summed E-state index contributed by atoms with van der Waals surface area (Å²) in [7, 11) is -0.419. The van der Waals surface area contributed by atoms with Crippen LogP contribution in [0.5, 0.6) is 5.75 Å². The Morgan fingerprint density at radius 3 is 2.06 bits per heavy atom. The molecule has 3 aromatic rings. The molecule has 3 nitrogen and oxygen atoms in total. The Hall–Kier alpha value is -3.08. The third kappa shape index (κ3) is 2.70. The number of fused-ring (bicyclic) bond motifs is 9. The second-order valence-electron chi connectivity index (χ2n) is 11.1. The molecule has 4 heteroatoms. The number of ether oxygens (including phenoxy) is 1. The summed E-state index contributed by atoms with van der Waals surface area (Å²) >= 11 is 0. The number of hydrogen-bond acceptors (Lipinski definition) is 3. The van der Waals surface area contributed by atoms with Crippen molar-refractivity contribution in [3.8, 4) is 16.9 Å². The third-order valence-corrected chi connectivity index (χ3v) is 8.81. The highest BCUT2D eigenvalue weighted by molar-refractivity contribution is 6.62. The predicted molar refractivity (Wildman–Crippen MR) is 140 cm³/mol. The molecule has 2 heterocycles. The van der Waals surface area contributed by atoms with E-state index in [1.807, 2.05) is 0 Å². The molecule has 2 aliphatic carbocycles. The Labute approximate surface area is 207 Å². The second-order valence-corrected chi connectivity index (χ2v) is 11.1. The van der Waals surface area contributed by atoms with E-state index in [2.05, 4.69) is 113 Å². The zero-order valence-electron chi connectivity index (χ0n) is 20.7. The van der Waals surface area contributed by atoms with Crippen molar-refractivity contribution in [1.29, 1.82) is 0 Å². The Bertz CT molecular complexity index is 1370. The Balaban J connectivity index is 1.50. The molecule has 1 saturated heterocycles. The summed E-state index contributed by atoms with van der Waals surface area (Å²) in [6, 6.07) is 24.3. The van der Waals surface area contributed by atoms with Gasteiger partial charge in [-0.25, -0.2) is 0 Å². The van der Waals surface area contributed by atoms with E-state index in [1.54, 1.807) is 0 Å². The van der Waals surface area contributed by atoms with Gasteiger partial charge in [0.2, 0.25) is 0 Å². The normalized spacial score (nSPS) is 23.7. The summed E-state index contributed by atoms with van der Waals surface area (Å²) in [4.78, 5) is 0. The van der Waals surface area contributed by atoms with Crippen LogP contribution >= 0.6 is 0 Å². The van der Waals surface area contributed by atoms with Gasteiger partial charge in [0.05, 0.1) is 16.6 Å². The van der Waals surface area contributed by atoms with Gasteiger partial charge in [0.25, 0.3) is 0 Å². The van der Waals surface area contributed by atoms with Crippen molar-refractivity contribution in [2.24, 2.45) is 5.92 Å². The SMILES string of the molecule is CC1(C)OB(c2ccc3c(c2)C2(c4ccccc4-c4ccccc42)C2CC=CC=C2O3)OC1(C)C. The second kappa shape index (κ2) is 6.99. The molecule has 7 rings (SSSR count). The molecule has 1 fully saturated rings. The summed E-state index contributed by atoms with van der Waals surface area (Å²) in [5.41, 5.74) is 6.43. The van der Waals surface area contributed by atoms with E-state index in [9.17, 15) is 0 Å². The van der Waals surface area contributed by atoms with Crippen LogP contribution in [0.25, 0.3) is 11.1 Å². The van der Waals surface area contributed by atoms with Gasteiger partial charge in [0.1, 0.15) is 11.5 Å². The lowest BCUT2D eigenvalue weighted by Gasteiger charge is -2.46. The maximum atomic E-state index is 6.58. The van der Waals surface area contributed by atoms with Gasteiger partial charge >= 0.3 is 7.12 Å². The Morgan fingerprint density at radius 1 is 0.771 bits per heavy atom. The lowest BCUT2D eigenvalue weighted by atomic mass is 9.59. The van der Waals surface area contributed by atoms with Gasteiger partial charge in [-0.1, -0.05) is 72.8 Å². The van der Waals surface area contributed by atoms with Crippen molar-refractivity contribution >= 4 is 12.6 Å². The molecular formula is C31H29BO3. The van der Waals surface area contributed by atoms with Crippen LogP contribution in [0.1, 0.15) is 50.8 Å². The van der Waals surface area contributed by atoms with E-state index in [4.69, 9.17) is 14.0 Å². The van der Waals surface area contributed by atoms with Gasteiger partial charge in [-0.3, -0.25) is 0 Å². The van der Waals surface area contributed by atoms with E-state index >= 15 is 0 Å². The molecule has 0 amide bonds. The standard InChI is InChI=1S/C31H29BO3/c1-29(2)30(3,4)35-32(34-29)20-17-18-28-26(19-20)31(25-15-9-10-16-27(25)33-28)23-13-7-5-11-21(23)22-12-6-8-14-24(22)31/h5-14,16-19,25H,15H2,1-4H3. The quantitative estimate of drug-likeness (QED) is 0.408. The maximum absolute atomic E-state index is 6.58. The molecule has 0 aromatic heterocycles. The third-order valence-electron chi connectivity index (χ3n) is 8.81. The van der Waals surface area contributed by atoms with Crippen molar-refractivity contribution in [3.05, 3.63) is 107 Å². The average Bonchev–Trinajstić information content (AvgIpc) is 3.27. The first-order valence-corrected chi connectivity index (χ1v) is 12.6. The number of rotatable bonds is 1. The predicted octanol–water partition coefficient (Wildman–Crippen LogP) is 6.15. The lowest BCUT2D eigenvalue weighted by Crippen LogP contribution is -2.44. The molecule has 4 aliphatic rings. The van der Waals surface area contributed by atoms with Crippen LogP contribution in [0, 0.1) is 5.92 Å². The van der Waals surface area contributed by atoms with Crippen LogP contribution in [0.15, 0.2) is 90.7 Å². The molecular weight excluding hydrogens is 431 g/mol. The fourth-order valence-electron chi connectivity index (χ4n) is 6.42. The highest BCUT2D eigenvalue weighted by Gasteiger charge is 2.56. The molecule has 35 heavy (non-hydrogen) atoms. The van der Waals surface area contributed by atoms with Crippen LogP contribution in [-0.4, -0.2) is 18.3 Å². The zero-order chi connectivity index (χ0) is 24.0. The Kier molecular flexibility index (Phi) is 4.24. The zero-order valence-corrected chi connectivity index (χ0v) is 20.7. The van der Waals surface area contributed by atoms with E-state index in [1.165, 1.54) is 27.8 Å². The first-order chi connectivity index (χ1) is 16.8. The lowest BCUT2D eigenvalue weighted by molar-refractivity contribution is 0.00578. The molecule has 0 bridgehead atoms. The van der Waals surface area contributed by atoms with E-state index in [-0.39, 0.29) is 11.3 Å². The molecule has 1 spiro atoms. The highest BCUT2D eigenvalue weighted by atomic mass is 16.7. The van der Waals surface area contributed by atoms with Crippen molar-refractivity contribution in [2.75, 3.05) is 0 Å². The van der Waals surface area contributed by atoms with Gasteiger partial charge in [-0.2, -0.15) is 0 Å². The molecule has 0 saturated carbocycles. The molecule has 2 aliphatic heterocycles. The fraction of sp³-hybridized carbons (Fsp3) is 0.290. The van der Waals surface area contributed by atoms with Gasteiger partial charge in [-0.15, -0.1) is 0 Å². The molecule has 0 N–H and O–H groups in total. The van der Waals surface area contributed by atoms with Crippen LogP contribution in [-0.2, 0) is 14.7 Å². The topological polar surface area (TPSA) is 27.7 Å². The van der Waals surface area contributed by atoms with Crippen molar-refractivity contribution in [2.45, 2.75) is 50.7 Å². The minimum absolute atomic E-state index is 0.179. The van der Waals surface area contributed by atoms with Gasteiger partial charge in [-0.05, 0) is 74.0 Å². The van der Waals surface area contributed by atoms with Crippen LogP contribution in [0.3, 0.4) is 0 Å². The first-order valence-electron chi connectivity index (χ1n) is 12.6. The maximum Gasteiger partial charge on any atom is 0.494 e. The number of allylic oxidation sites excluding steroid dienone is 4. The first kappa shape index (κ1) is 21.2. The van der Waals surface area contributed by atoms with Gasteiger partial charge in [0, 0.05) is 11.5 Å². The minimum Gasteiger partial charge on any atom is -0.461 e. The van der Waals surface area contributed by atoms with E-state index < -0.39 is 18.3 Å². The molecule has 3 aromatic carbocycles. The van der Waals surface area contributed by atoms with Crippen LogP contribution in [0.2, 0.25) is 0 Å². The summed E-state index contributed by atoms with van der Waals surface area (Å²) in [6.07, 6.45) is 7.46. The molecule has 0 radical (unpaired) electrons. The van der Waals surface area contributed by atoms with Crippen LogP contribution in [0.4, 0.5) is 0 Å². The smallest absolute Gasteiger partial charge is 0.461 e. The highest BCUT2D eigenvalue weighted by Crippen LogP contribution is 2.62. The molecule has 174 valence electrons. The van der Waals surface area contributed by atoms with Crippen LogP contribution < -0.4 is 10.2 Å². The van der Waals surface area contributed by atoms with E-state index in [0.29, 0.717) is 0 Å². The van der Waals surface area contributed by atoms with Crippen molar-refractivity contribution in [1.82, 2.24) is 0 Å².